The number of aromatic amines is 1. The average Bonchev–Trinajstić information content (AvgIpc) is 3.41. The van der Waals surface area contributed by atoms with Crippen LogP contribution in [0.1, 0.15) is 37.0 Å². The first-order valence-electron chi connectivity index (χ1n) is 8.87. The van der Waals surface area contributed by atoms with Crippen LogP contribution in [0.15, 0.2) is 48.7 Å². The first-order chi connectivity index (χ1) is 13.5. The summed E-state index contributed by atoms with van der Waals surface area (Å²) >= 11 is 1.33. The number of carbonyl (C=O) groups excluding carboxylic acids is 2. The number of thiophene rings is 1. The molecule has 1 N–H and O–H groups in total. The summed E-state index contributed by atoms with van der Waals surface area (Å²) in [6.45, 7) is 4.31. The molecule has 3 heterocycles. The standard InChI is InChI=1S/C21H19N3O3S/c1-13-5-7-15(8-6-13)11-24-20-16(14(2)23-24)10-19(28-20)21(26)27-12-18(25)17-4-3-9-22-17/h3-10,22H,11-12H2,1-2H3. The molecule has 0 radical (unpaired) electrons. The molecule has 1 aromatic carbocycles. The van der Waals surface area contributed by atoms with E-state index < -0.39 is 5.97 Å². The molecule has 0 saturated heterocycles. The Morgan fingerprint density at radius 3 is 2.68 bits per heavy atom. The maximum Gasteiger partial charge on any atom is 0.348 e. The van der Waals surface area contributed by atoms with E-state index in [1.807, 2.05) is 11.6 Å². The summed E-state index contributed by atoms with van der Waals surface area (Å²) in [7, 11) is 0. The van der Waals surface area contributed by atoms with E-state index in [9.17, 15) is 9.59 Å². The molecule has 0 bridgehead atoms. The molecule has 28 heavy (non-hydrogen) atoms. The lowest BCUT2D eigenvalue weighted by molar-refractivity contribution is 0.0478. The Balaban J connectivity index is 1.51. The van der Waals surface area contributed by atoms with Crippen LogP contribution in [0, 0.1) is 13.8 Å². The average molecular weight is 393 g/mol. The number of nitrogens with zero attached hydrogens (tertiary/aromatic N) is 2. The van der Waals surface area contributed by atoms with Gasteiger partial charge in [-0.05, 0) is 37.6 Å². The van der Waals surface area contributed by atoms with E-state index in [2.05, 4.69) is 41.3 Å². The predicted molar refractivity (Wildman–Crippen MR) is 108 cm³/mol. The van der Waals surface area contributed by atoms with Gasteiger partial charge in [-0.2, -0.15) is 5.10 Å². The summed E-state index contributed by atoms with van der Waals surface area (Å²) in [5.74, 6) is -0.761. The second kappa shape index (κ2) is 7.44. The molecule has 0 atom stereocenters. The van der Waals surface area contributed by atoms with Crippen LogP contribution in [0.3, 0.4) is 0 Å². The number of nitrogens with one attached hydrogen (secondary N) is 1. The third-order valence-electron chi connectivity index (χ3n) is 4.49. The second-order valence-electron chi connectivity index (χ2n) is 6.64. The lowest BCUT2D eigenvalue weighted by atomic mass is 10.1. The summed E-state index contributed by atoms with van der Waals surface area (Å²) < 4.78 is 7.10. The Hall–Kier alpha value is -3.19. The fraction of sp³-hybridized carbons (Fsp3) is 0.190. The Bertz CT molecular complexity index is 1140. The summed E-state index contributed by atoms with van der Waals surface area (Å²) in [4.78, 5) is 28.6. The minimum atomic E-state index is -0.498. The van der Waals surface area contributed by atoms with Crippen LogP contribution in [-0.2, 0) is 11.3 Å². The van der Waals surface area contributed by atoms with Gasteiger partial charge in [-0.25, -0.2) is 4.79 Å². The number of ketones is 1. The third-order valence-corrected chi connectivity index (χ3v) is 5.62. The van der Waals surface area contributed by atoms with Crippen LogP contribution >= 0.6 is 11.3 Å². The van der Waals surface area contributed by atoms with Crippen molar-refractivity contribution in [2.45, 2.75) is 20.4 Å². The fourth-order valence-corrected chi connectivity index (χ4v) is 4.03. The maximum absolute atomic E-state index is 12.4. The van der Waals surface area contributed by atoms with E-state index in [-0.39, 0.29) is 12.4 Å². The van der Waals surface area contributed by atoms with E-state index in [4.69, 9.17) is 4.74 Å². The van der Waals surface area contributed by atoms with E-state index in [0.29, 0.717) is 17.1 Å². The van der Waals surface area contributed by atoms with Gasteiger partial charge in [0.15, 0.2) is 6.61 Å². The van der Waals surface area contributed by atoms with Crippen molar-refractivity contribution < 1.29 is 14.3 Å². The second-order valence-corrected chi connectivity index (χ2v) is 7.67. The van der Waals surface area contributed by atoms with Gasteiger partial charge in [0.1, 0.15) is 9.71 Å². The van der Waals surface area contributed by atoms with Crippen molar-refractivity contribution in [1.82, 2.24) is 14.8 Å². The van der Waals surface area contributed by atoms with E-state index >= 15 is 0 Å². The van der Waals surface area contributed by atoms with E-state index in [1.54, 1.807) is 24.4 Å². The molecule has 6 nitrogen and oxygen atoms in total. The van der Waals surface area contributed by atoms with Gasteiger partial charge in [-0.15, -0.1) is 11.3 Å². The number of benzene rings is 1. The van der Waals surface area contributed by atoms with Crippen molar-refractivity contribution in [2.24, 2.45) is 0 Å². The quantitative estimate of drug-likeness (QED) is 0.395. The lowest BCUT2D eigenvalue weighted by Crippen LogP contribution is -2.13. The zero-order valence-corrected chi connectivity index (χ0v) is 16.4. The van der Waals surface area contributed by atoms with Crippen LogP contribution in [-0.4, -0.2) is 33.1 Å². The lowest BCUT2D eigenvalue weighted by Gasteiger charge is -2.04. The minimum Gasteiger partial charge on any atom is -0.453 e. The Kier molecular flexibility index (Phi) is 4.83. The number of ether oxygens (including phenoxy) is 1. The molecule has 0 aliphatic rings. The summed E-state index contributed by atoms with van der Waals surface area (Å²) in [6.07, 6.45) is 1.66. The van der Waals surface area contributed by atoms with Gasteiger partial charge >= 0.3 is 5.97 Å². The van der Waals surface area contributed by atoms with Gasteiger partial charge in [0, 0.05) is 11.6 Å². The number of aryl methyl sites for hydroxylation is 2. The zero-order valence-electron chi connectivity index (χ0n) is 15.6. The highest BCUT2D eigenvalue weighted by Crippen LogP contribution is 2.29. The normalized spacial score (nSPS) is 11.1. The molecular formula is C21H19N3O3S. The van der Waals surface area contributed by atoms with Crippen molar-refractivity contribution in [3.8, 4) is 0 Å². The molecule has 0 saturated carbocycles. The first-order valence-corrected chi connectivity index (χ1v) is 9.69. The van der Waals surface area contributed by atoms with E-state index in [0.717, 1.165) is 21.5 Å². The molecule has 142 valence electrons. The zero-order chi connectivity index (χ0) is 19.7. The molecule has 7 heteroatoms. The van der Waals surface area contributed by atoms with E-state index in [1.165, 1.54) is 16.9 Å². The van der Waals surface area contributed by atoms with Crippen molar-refractivity contribution >= 4 is 33.3 Å². The Labute approximate surface area is 165 Å². The number of hydrogen-bond acceptors (Lipinski definition) is 5. The number of carbonyl (C=O) groups is 2. The number of esters is 1. The van der Waals surface area contributed by atoms with Gasteiger partial charge < -0.3 is 9.72 Å². The molecule has 0 aliphatic carbocycles. The van der Waals surface area contributed by atoms with Gasteiger partial charge in [0.2, 0.25) is 5.78 Å². The monoisotopic (exact) mass is 393 g/mol. The highest BCUT2D eigenvalue weighted by atomic mass is 32.1. The van der Waals surface area contributed by atoms with Crippen molar-refractivity contribution in [2.75, 3.05) is 6.61 Å². The molecular weight excluding hydrogens is 374 g/mol. The Morgan fingerprint density at radius 1 is 1.18 bits per heavy atom. The number of Topliss-reactive ketones (excluding diaryl/α,β-unsaturated/α-hetero) is 1. The van der Waals surface area contributed by atoms with Crippen LogP contribution < -0.4 is 0 Å². The van der Waals surface area contributed by atoms with Crippen LogP contribution in [0.5, 0.6) is 0 Å². The van der Waals surface area contributed by atoms with Gasteiger partial charge in [0.05, 0.1) is 17.9 Å². The summed E-state index contributed by atoms with van der Waals surface area (Å²) in [5, 5.41) is 5.52. The van der Waals surface area contributed by atoms with Gasteiger partial charge in [0.25, 0.3) is 0 Å². The molecule has 3 aromatic heterocycles. The highest BCUT2D eigenvalue weighted by molar-refractivity contribution is 7.20. The molecule has 0 amide bonds. The van der Waals surface area contributed by atoms with Crippen molar-refractivity contribution in [3.05, 3.63) is 76.1 Å². The number of H-pyrrole nitrogens is 1. The largest absolute Gasteiger partial charge is 0.453 e. The van der Waals surface area contributed by atoms with Gasteiger partial charge in [-0.1, -0.05) is 29.8 Å². The maximum atomic E-state index is 12.4. The topological polar surface area (TPSA) is 77.0 Å². The van der Waals surface area contributed by atoms with Crippen LogP contribution in [0.2, 0.25) is 0 Å². The molecule has 0 spiro atoms. The number of hydrogen-bond donors (Lipinski definition) is 1. The minimum absolute atomic E-state index is 0.263. The predicted octanol–water partition coefficient (Wildman–Crippen LogP) is 4.13. The first kappa shape index (κ1) is 18.2. The third kappa shape index (κ3) is 3.61. The van der Waals surface area contributed by atoms with Crippen LogP contribution in [0.25, 0.3) is 10.2 Å². The van der Waals surface area contributed by atoms with Crippen LogP contribution in [0.4, 0.5) is 0 Å². The Morgan fingerprint density at radius 2 is 1.96 bits per heavy atom. The molecule has 0 fully saturated rings. The van der Waals surface area contributed by atoms with Crippen molar-refractivity contribution in [1.29, 1.82) is 0 Å². The molecule has 0 unspecified atom stereocenters. The summed E-state index contributed by atoms with van der Waals surface area (Å²) in [6, 6.07) is 13.5. The smallest absolute Gasteiger partial charge is 0.348 e. The fourth-order valence-electron chi connectivity index (χ4n) is 2.97. The molecule has 4 rings (SSSR count). The SMILES string of the molecule is Cc1ccc(Cn2nc(C)c3cc(C(=O)OCC(=O)c4ccc[nH]4)sc32)cc1. The summed E-state index contributed by atoms with van der Waals surface area (Å²) in [5.41, 5.74) is 3.64. The molecule has 4 aromatic rings. The number of aromatic nitrogens is 3. The van der Waals surface area contributed by atoms with Gasteiger partial charge in [-0.3, -0.25) is 9.48 Å². The number of rotatable bonds is 6. The number of fused-ring (bicyclic) bond motifs is 1. The van der Waals surface area contributed by atoms with Crippen molar-refractivity contribution in [3.63, 3.8) is 0 Å². The molecule has 0 aliphatic heterocycles. The highest BCUT2D eigenvalue weighted by Gasteiger charge is 2.19.